The first-order valence-electron chi connectivity index (χ1n) is 12.1. The van der Waals surface area contributed by atoms with Crippen LogP contribution in [0.15, 0.2) is 121 Å². The molecule has 0 aliphatic heterocycles. The van der Waals surface area contributed by atoms with Crippen LogP contribution in [0, 0.1) is 39.5 Å². The SMILES string of the molecule is [CH2][C]([CH2])C.[CH2][C]([CH2])C.[Ru].c1ccc(P(CCP(c2ccccc2)c2ccccc2)c2ccccc2)cc1. The van der Waals surface area contributed by atoms with Crippen molar-refractivity contribution in [2.45, 2.75) is 13.8 Å². The van der Waals surface area contributed by atoms with E-state index < -0.39 is 0 Å². The molecule has 0 saturated heterocycles. The predicted octanol–water partition coefficient (Wildman–Crippen LogP) is 7.75. The molecular weight excluding hydrogens is 571 g/mol. The fraction of sp³-hybridized carbons (Fsp3) is 0.118. The van der Waals surface area contributed by atoms with Gasteiger partial charge in [0.15, 0.2) is 0 Å². The summed E-state index contributed by atoms with van der Waals surface area (Å²) in [4.78, 5) is 0. The van der Waals surface area contributed by atoms with Crippen LogP contribution in [-0.2, 0) is 19.5 Å². The molecule has 0 atom stereocenters. The molecule has 0 heterocycles. The van der Waals surface area contributed by atoms with E-state index in [2.05, 4.69) is 149 Å². The van der Waals surface area contributed by atoms with Gasteiger partial charge in [0.1, 0.15) is 0 Å². The van der Waals surface area contributed by atoms with Gasteiger partial charge >= 0.3 is 0 Å². The second-order valence-electron chi connectivity index (χ2n) is 8.56. The standard InChI is InChI=1S/C26H24P2.2C4H7.Ru/c1-5-13-23(14-6-1)27(24-15-7-2-8-16-24)21-22-28(25-17-9-3-10-18-25)26-19-11-4-12-20-26;2*1-4(2)3;/h1-20H,21-22H2;2*1-2H2,3H3;. The molecule has 0 bridgehead atoms. The van der Waals surface area contributed by atoms with Crippen molar-refractivity contribution in [1.82, 2.24) is 0 Å². The van der Waals surface area contributed by atoms with Crippen molar-refractivity contribution in [3.05, 3.63) is 161 Å². The van der Waals surface area contributed by atoms with Crippen LogP contribution in [0.3, 0.4) is 0 Å². The molecule has 0 saturated carbocycles. The van der Waals surface area contributed by atoms with E-state index in [9.17, 15) is 0 Å². The van der Waals surface area contributed by atoms with E-state index in [-0.39, 0.29) is 35.3 Å². The second kappa shape index (κ2) is 19.4. The third-order valence-electron chi connectivity index (χ3n) is 4.82. The summed E-state index contributed by atoms with van der Waals surface area (Å²) in [5.74, 6) is 1.83. The predicted molar refractivity (Wildman–Crippen MR) is 167 cm³/mol. The van der Waals surface area contributed by atoms with Crippen LogP contribution in [0.2, 0.25) is 0 Å². The van der Waals surface area contributed by atoms with Crippen LogP contribution < -0.4 is 21.2 Å². The van der Waals surface area contributed by atoms with E-state index in [4.69, 9.17) is 0 Å². The first kappa shape index (κ1) is 33.4. The van der Waals surface area contributed by atoms with E-state index in [1.54, 1.807) is 0 Å². The van der Waals surface area contributed by atoms with Gasteiger partial charge in [0.25, 0.3) is 0 Å². The molecule has 3 heteroatoms. The molecular formula is C34H38P2Ru. The Morgan fingerprint density at radius 2 is 0.595 bits per heavy atom. The average molecular weight is 610 g/mol. The summed E-state index contributed by atoms with van der Waals surface area (Å²) in [7, 11) is -0.696. The van der Waals surface area contributed by atoms with E-state index in [1.165, 1.54) is 33.5 Å². The Morgan fingerprint density at radius 1 is 0.432 bits per heavy atom. The van der Waals surface area contributed by atoms with Crippen LogP contribution in [0.1, 0.15) is 13.8 Å². The maximum absolute atomic E-state index is 3.44. The molecule has 4 rings (SSSR count). The smallest absolute Gasteiger partial charge is 0 e. The van der Waals surface area contributed by atoms with Crippen molar-refractivity contribution < 1.29 is 19.5 Å². The van der Waals surface area contributed by atoms with Crippen molar-refractivity contribution in [1.29, 1.82) is 0 Å². The minimum atomic E-state index is -0.348. The Morgan fingerprint density at radius 3 is 0.757 bits per heavy atom. The summed E-state index contributed by atoms with van der Waals surface area (Å²) < 4.78 is 0. The Labute approximate surface area is 242 Å². The molecule has 0 aromatic heterocycles. The van der Waals surface area contributed by atoms with E-state index in [1.807, 2.05) is 13.8 Å². The van der Waals surface area contributed by atoms with Gasteiger partial charge < -0.3 is 0 Å². The molecule has 0 nitrogen and oxygen atoms in total. The molecule has 0 N–H and O–H groups in total. The zero-order chi connectivity index (χ0) is 26.2. The van der Waals surface area contributed by atoms with Crippen molar-refractivity contribution >= 4 is 37.1 Å². The molecule has 0 aliphatic carbocycles. The molecule has 0 spiro atoms. The van der Waals surface area contributed by atoms with E-state index in [0.717, 1.165) is 11.8 Å². The normalized spacial score (nSPS) is 10.3. The molecule has 4 aromatic rings. The summed E-state index contributed by atoms with van der Waals surface area (Å²) in [5, 5.41) is 5.89. The summed E-state index contributed by atoms with van der Waals surface area (Å²) in [5.41, 5.74) is 0. The van der Waals surface area contributed by atoms with Gasteiger partial charge in [-0.2, -0.15) is 0 Å². The zero-order valence-electron chi connectivity index (χ0n) is 22.0. The maximum atomic E-state index is 3.44. The number of hydrogen-bond acceptors (Lipinski definition) is 0. The van der Waals surface area contributed by atoms with Gasteiger partial charge in [-0.1, -0.05) is 135 Å². The average Bonchev–Trinajstić information content (AvgIpc) is 2.88. The molecule has 37 heavy (non-hydrogen) atoms. The third-order valence-corrected chi connectivity index (χ3v) is 10.2. The van der Waals surface area contributed by atoms with Crippen LogP contribution >= 0.6 is 15.8 Å². The number of benzene rings is 4. The first-order chi connectivity index (χ1) is 17.4. The molecule has 0 unspecified atom stereocenters. The van der Waals surface area contributed by atoms with Crippen molar-refractivity contribution in [3.8, 4) is 0 Å². The van der Waals surface area contributed by atoms with E-state index >= 15 is 0 Å². The first-order valence-corrected chi connectivity index (χ1v) is 15.1. The number of rotatable bonds is 7. The molecule has 6 radical (unpaired) electrons. The third kappa shape index (κ3) is 13.6. The topological polar surface area (TPSA) is 0 Å². The van der Waals surface area contributed by atoms with Gasteiger partial charge in [-0.3, -0.25) is 0 Å². The van der Waals surface area contributed by atoms with Crippen LogP contribution in [0.4, 0.5) is 0 Å². The van der Waals surface area contributed by atoms with Gasteiger partial charge in [-0.15, -0.1) is 0 Å². The van der Waals surface area contributed by atoms with Gasteiger partial charge in [0.05, 0.1) is 0 Å². The Kier molecular flexibility index (Phi) is 17.5. The Hall–Kier alpha value is -1.64. The Bertz CT molecular complexity index is 878. The van der Waals surface area contributed by atoms with Crippen molar-refractivity contribution in [2.75, 3.05) is 12.3 Å². The monoisotopic (exact) mass is 610 g/mol. The van der Waals surface area contributed by atoms with Crippen molar-refractivity contribution in [3.63, 3.8) is 0 Å². The largest absolute Gasteiger partial charge is 0.0622 e. The Balaban J connectivity index is 0.000000671. The summed E-state index contributed by atoms with van der Waals surface area (Å²) in [6, 6.07) is 44.2. The van der Waals surface area contributed by atoms with Gasteiger partial charge in [0.2, 0.25) is 0 Å². The van der Waals surface area contributed by atoms with Gasteiger partial charge in [-0.25, -0.2) is 0 Å². The van der Waals surface area contributed by atoms with Gasteiger partial charge in [0, 0.05) is 19.5 Å². The summed E-state index contributed by atoms with van der Waals surface area (Å²) in [6.07, 6.45) is 2.41. The molecule has 0 aliphatic rings. The summed E-state index contributed by atoms with van der Waals surface area (Å²) in [6.45, 7) is 17.5. The van der Waals surface area contributed by atoms with Gasteiger partial charge in [-0.05, 0) is 88.9 Å². The quantitative estimate of drug-likeness (QED) is 0.149. The minimum Gasteiger partial charge on any atom is -0.0622 e. The zero-order valence-corrected chi connectivity index (χ0v) is 25.6. The molecule has 192 valence electrons. The van der Waals surface area contributed by atoms with Crippen LogP contribution in [0.25, 0.3) is 0 Å². The molecule has 0 fully saturated rings. The second-order valence-corrected chi connectivity index (χ2v) is 13.2. The van der Waals surface area contributed by atoms with Crippen LogP contribution in [-0.4, -0.2) is 12.3 Å². The molecule has 0 amide bonds. The number of hydrogen-bond donors (Lipinski definition) is 0. The maximum Gasteiger partial charge on any atom is 0 e. The van der Waals surface area contributed by atoms with Crippen LogP contribution in [0.5, 0.6) is 0 Å². The fourth-order valence-corrected chi connectivity index (χ4v) is 8.80. The summed E-state index contributed by atoms with van der Waals surface area (Å²) >= 11 is 0. The van der Waals surface area contributed by atoms with Crippen molar-refractivity contribution in [2.24, 2.45) is 0 Å². The molecule has 4 aromatic carbocycles. The fourth-order valence-electron chi connectivity index (χ4n) is 3.45. The minimum absolute atomic E-state index is 0. The van der Waals surface area contributed by atoms with E-state index in [0.29, 0.717) is 0 Å².